The molecule has 5 heteroatoms. The van der Waals surface area contributed by atoms with Gasteiger partial charge in [-0.1, -0.05) is 114 Å². The number of carbonyl (C=O) groups is 1. The Labute approximate surface area is 225 Å². The van der Waals surface area contributed by atoms with Gasteiger partial charge in [0.15, 0.2) is 0 Å². The van der Waals surface area contributed by atoms with Crippen LogP contribution in [0.25, 0.3) is 32.7 Å². The number of halogens is 2. The van der Waals surface area contributed by atoms with Gasteiger partial charge < -0.3 is 9.47 Å². The lowest BCUT2D eigenvalue weighted by Crippen LogP contribution is -2.24. The van der Waals surface area contributed by atoms with Crippen molar-refractivity contribution >= 4 is 50.7 Å². The quantitative estimate of drug-likeness (QED) is 0.131. The van der Waals surface area contributed by atoms with Gasteiger partial charge in [0, 0.05) is 17.0 Å². The summed E-state index contributed by atoms with van der Waals surface area (Å²) in [6.07, 6.45) is 0. The first-order valence-corrected chi connectivity index (χ1v) is 12.9. The van der Waals surface area contributed by atoms with E-state index in [1.54, 1.807) is 14.0 Å². The fourth-order valence-electron chi connectivity index (χ4n) is 5.45. The molecule has 5 aromatic rings. The van der Waals surface area contributed by atoms with Crippen LogP contribution in [0.5, 0.6) is 11.5 Å². The summed E-state index contributed by atoms with van der Waals surface area (Å²) < 4.78 is 10.8. The van der Waals surface area contributed by atoms with Crippen LogP contribution in [-0.4, -0.2) is 17.4 Å². The Morgan fingerprint density at radius 2 is 1.22 bits per heavy atom. The van der Waals surface area contributed by atoms with E-state index >= 15 is 0 Å². The van der Waals surface area contributed by atoms with E-state index in [0.717, 1.165) is 38.2 Å². The zero-order valence-corrected chi connectivity index (χ0v) is 21.9. The van der Waals surface area contributed by atoms with Crippen molar-refractivity contribution in [3.63, 3.8) is 0 Å². The Kier molecular flexibility index (Phi) is 5.67. The smallest absolute Gasteiger partial charge is 0.321 e. The van der Waals surface area contributed by atoms with Crippen molar-refractivity contribution in [1.29, 1.82) is 0 Å². The van der Waals surface area contributed by atoms with Gasteiger partial charge in [-0.05, 0) is 46.2 Å². The molecule has 1 fully saturated rings. The molecule has 1 saturated carbocycles. The molecule has 6 rings (SSSR count). The van der Waals surface area contributed by atoms with E-state index < -0.39 is 15.7 Å². The second-order valence-corrected chi connectivity index (χ2v) is 11.0. The van der Waals surface area contributed by atoms with E-state index in [1.165, 1.54) is 0 Å². The van der Waals surface area contributed by atoms with Crippen molar-refractivity contribution in [2.24, 2.45) is 5.41 Å². The highest BCUT2D eigenvalue weighted by Gasteiger charge is 2.78. The normalized spacial score (nSPS) is 20.1. The highest BCUT2D eigenvalue weighted by Crippen LogP contribution is 2.74. The summed E-state index contributed by atoms with van der Waals surface area (Å²) in [6, 6.07) is 33.5. The molecule has 37 heavy (non-hydrogen) atoms. The molecule has 0 unspecified atom stereocenters. The van der Waals surface area contributed by atoms with E-state index in [1.807, 2.05) is 91.0 Å². The number of fused-ring (bicyclic) bond motifs is 2. The molecule has 0 heterocycles. The number of carbonyl (C=O) groups excluding carboxylic acids is 1. The summed E-state index contributed by atoms with van der Waals surface area (Å²) in [5, 5.41) is 4.03. The molecule has 0 bridgehead atoms. The molecule has 1 aliphatic rings. The fraction of sp³-hybridized carbons (Fsp3) is 0.156. The number of ether oxygens (including phenoxy) is 2. The Morgan fingerprint density at radius 3 is 1.81 bits per heavy atom. The van der Waals surface area contributed by atoms with Gasteiger partial charge in [0.1, 0.15) is 21.2 Å². The largest absolute Gasteiger partial charge is 0.496 e. The molecule has 2 atom stereocenters. The van der Waals surface area contributed by atoms with Gasteiger partial charge in [-0.3, -0.25) is 4.79 Å². The molecule has 184 valence electrons. The fourth-order valence-corrected chi connectivity index (χ4v) is 6.40. The van der Waals surface area contributed by atoms with E-state index in [0.29, 0.717) is 11.5 Å². The van der Waals surface area contributed by atoms with E-state index in [2.05, 4.69) is 12.1 Å². The van der Waals surface area contributed by atoms with Gasteiger partial charge in [0.05, 0.1) is 7.11 Å². The van der Waals surface area contributed by atoms with Crippen molar-refractivity contribution in [3.05, 3.63) is 109 Å². The van der Waals surface area contributed by atoms with Crippen molar-refractivity contribution in [1.82, 2.24) is 0 Å². The monoisotopic (exact) mass is 526 g/mol. The Bertz CT molecular complexity index is 1660. The molecule has 0 aliphatic heterocycles. The number of hydrogen-bond donors (Lipinski definition) is 0. The minimum absolute atomic E-state index is 0.381. The number of rotatable bonds is 5. The first-order valence-electron chi connectivity index (χ1n) is 12.1. The minimum Gasteiger partial charge on any atom is -0.496 e. The molecular weight excluding hydrogens is 503 g/mol. The van der Waals surface area contributed by atoms with Gasteiger partial charge >= 0.3 is 5.97 Å². The lowest BCUT2D eigenvalue weighted by Gasteiger charge is -2.19. The molecule has 0 N–H and O–H groups in total. The molecule has 0 spiro atoms. The maximum atomic E-state index is 13.8. The van der Waals surface area contributed by atoms with Crippen LogP contribution in [0.3, 0.4) is 0 Å². The lowest BCUT2D eigenvalue weighted by atomic mass is 9.92. The van der Waals surface area contributed by atoms with Crippen LogP contribution in [0.4, 0.5) is 0 Å². The number of alkyl halides is 2. The van der Waals surface area contributed by atoms with Crippen LogP contribution in [0.1, 0.15) is 18.4 Å². The van der Waals surface area contributed by atoms with Gasteiger partial charge in [-0.15, -0.1) is 0 Å². The van der Waals surface area contributed by atoms with Crippen LogP contribution in [0.2, 0.25) is 0 Å². The Balaban J connectivity index is 1.52. The molecular formula is C32H24Cl2O3. The standard InChI is InChI=1S/C32H24Cl2O3/c1-31(29(32(31,33)34)22-12-4-3-5-13-22)30(35)37-26-19-17-21-11-7-9-15-24(21)28(26)27-23-14-8-6-10-20(23)16-18-25(27)36-2/h3-19,29H,1-2H3/t29-,31+/m1/s1. The predicted molar refractivity (Wildman–Crippen MR) is 151 cm³/mol. The number of methoxy groups -OCH3 is 1. The molecule has 5 aromatic carbocycles. The second kappa shape index (κ2) is 8.79. The van der Waals surface area contributed by atoms with E-state index in [-0.39, 0.29) is 5.92 Å². The van der Waals surface area contributed by atoms with Crippen molar-refractivity contribution in [2.45, 2.75) is 17.2 Å². The van der Waals surface area contributed by atoms with Crippen LogP contribution in [-0.2, 0) is 4.79 Å². The van der Waals surface area contributed by atoms with Crippen molar-refractivity contribution < 1.29 is 14.3 Å². The second-order valence-electron chi connectivity index (χ2n) is 9.58. The first-order chi connectivity index (χ1) is 17.9. The van der Waals surface area contributed by atoms with Gasteiger partial charge in [-0.25, -0.2) is 0 Å². The molecule has 0 saturated heterocycles. The van der Waals surface area contributed by atoms with E-state index in [9.17, 15) is 4.79 Å². The van der Waals surface area contributed by atoms with Crippen LogP contribution in [0.15, 0.2) is 103 Å². The maximum Gasteiger partial charge on any atom is 0.321 e. The Hall–Kier alpha value is -3.53. The number of esters is 1. The third-order valence-electron chi connectivity index (χ3n) is 7.56. The molecule has 0 aromatic heterocycles. The zero-order valence-electron chi connectivity index (χ0n) is 20.4. The topological polar surface area (TPSA) is 35.5 Å². The minimum atomic E-state index is -1.28. The van der Waals surface area contributed by atoms with Crippen LogP contribution in [0, 0.1) is 5.41 Å². The zero-order chi connectivity index (χ0) is 25.8. The van der Waals surface area contributed by atoms with Gasteiger partial charge in [0.25, 0.3) is 0 Å². The predicted octanol–water partition coefficient (Wildman–Crippen LogP) is 8.55. The van der Waals surface area contributed by atoms with Crippen LogP contribution >= 0.6 is 23.2 Å². The van der Waals surface area contributed by atoms with Gasteiger partial charge in [-0.2, -0.15) is 0 Å². The average Bonchev–Trinajstić information content (AvgIpc) is 3.40. The third kappa shape index (κ3) is 3.60. The van der Waals surface area contributed by atoms with E-state index in [4.69, 9.17) is 32.7 Å². The van der Waals surface area contributed by atoms with Crippen LogP contribution < -0.4 is 9.47 Å². The highest BCUT2D eigenvalue weighted by atomic mass is 35.5. The number of benzene rings is 5. The van der Waals surface area contributed by atoms with Gasteiger partial charge in [0.2, 0.25) is 0 Å². The number of hydrogen-bond acceptors (Lipinski definition) is 3. The summed E-state index contributed by atoms with van der Waals surface area (Å²) in [7, 11) is 1.65. The average molecular weight is 527 g/mol. The van der Waals surface area contributed by atoms with Crippen molar-refractivity contribution in [2.75, 3.05) is 7.11 Å². The van der Waals surface area contributed by atoms with Crippen molar-refractivity contribution in [3.8, 4) is 22.6 Å². The third-order valence-corrected chi connectivity index (χ3v) is 8.78. The summed E-state index contributed by atoms with van der Waals surface area (Å²) in [4.78, 5) is 13.8. The maximum absolute atomic E-state index is 13.8. The summed E-state index contributed by atoms with van der Waals surface area (Å²) in [5.41, 5.74) is 1.45. The molecule has 0 amide bonds. The molecule has 0 radical (unpaired) electrons. The highest BCUT2D eigenvalue weighted by molar-refractivity contribution is 6.54. The first kappa shape index (κ1) is 23.8. The summed E-state index contributed by atoms with van der Waals surface area (Å²) >= 11 is 13.5. The molecule has 3 nitrogen and oxygen atoms in total. The summed E-state index contributed by atoms with van der Waals surface area (Å²) in [5.74, 6) is 0.272. The SMILES string of the molecule is COc1ccc2ccccc2c1-c1c(OC(=O)[C@]2(C)[C@@H](c3ccccc3)C2(Cl)Cl)ccc2ccccc12. The summed E-state index contributed by atoms with van der Waals surface area (Å²) in [6.45, 7) is 1.77. The Morgan fingerprint density at radius 1 is 0.703 bits per heavy atom. The molecule has 1 aliphatic carbocycles. The lowest BCUT2D eigenvalue weighted by molar-refractivity contribution is -0.140.